The Hall–Kier alpha value is -2.94. The maximum atomic E-state index is 12.8. The zero-order valence-electron chi connectivity index (χ0n) is 16.5. The molecular weight excluding hydrogens is 404 g/mol. The number of carbonyl (C=O) groups is 2. The number of amides is 2. The van der Waals surface area contributed by atoms with E-state index < -0.39 is 10.0 Å². The summed E-state index contributed by atoms with van der Waals surface area (Å²) in [5.74, 6) is 0.226. The highest BCUT2D eigenvalue weighted by Crippen LogP contribution is 2.28. The molecule has 158 valence electrons. The lowest BCUT2D eigenvalue weighted by molar-refractivity contribution is -0.139. The molecule has 9 heteroatoms. The molecule has 4 rings (SSSR count). The van der Waals surface area contributed by atoms with Gasteiger partial charge in [-0.15, -0.1) is 0 Å². The molecule has 1 aromatic heterocycles. The number of piperazine rings is 1. The first-order chi connectivity index (χ1) is 14.4. The Morgan fingerprint density at radius 1 is 0.900 bits per heavy atom. The Bertz CT molecular complexity index is 1010. The zero-order valence-corrected chi connectivity index (χ0v) is 17.3. The minimum Gasteiger partial charge on any atom is -0.339 e. The third-order valence-corrected chi connectivity index (χ3v) is 7.07. The molecule has 0 atom stereocenters. The van der Waals surface area contributed by atoms with Crippen molar-refractivity contribution in [1.82, 2.24) is 14.8 Å². The maximum absolute atomic E-state index is 12.8. The summed E-state index contributed by atoms with van der Waals surface area (Å²) >= 11 is 0. The summed E-state index contributed by atoms with van der Waals surface area (Å²) in [6.07, 6.45) is 6.07. The minimum atomic E-state index is -3.75. The third-order valence-electron chi connectivity index (χ3n) is 5.68. The van der Waals surface area contributed by atoms with Gasteiger partial charge < -0.3 is 9.80 Å². The van der Waals surface area contributed by atoms with Gasteiger partial charge in [-0.3, -0.25) is 19.3 Å². The molecule has 0 bridgehead atoms. The number of rotatable bonds is 5. The first-order valence-electron chi connectivity index (χ1n) is 10.0. The lowest BCUT2D eigenvalue weighted by Crippen LogP contribution is -2.52. The van der Waals surface area contributed by atoms with Crippen LogP contribution in [-0.2, 0) is 14.8 Å². The van der Waals surface area contributed by atoms with Gasteiger partial charge in [0.1, 0.15) is 0 Å². The van der Waals surface area contributed by atoms with Crippen LogP contribution >= 0.6 is 0 Å². The van der Waals surface area contributed by atoms with Gasteiger partial charge in [0.25, 0.3) is 15.9 Å². The number of aromatic nitrogens is 1. The number of benzene rings is 1. The average molecular weight is 429 g/mol. The number of hydrogen-bond acceptors (Lipinski definition) is 5. The number of nitrogens with one attached hydrogen (secondary N) is 1. The summed E-state index contributed by atoms with van der Waals surface area (Å²) in [5, 5.41) is 0. The smallest absolute Gasteiger partial charge is 0.261 e. The summed E-state index contributed by atoms with van der Waals surface area (Å²) in [7, 11) is -3.75. The van der Waals surface area contributed by atoms with Crippen LogP contribution in [0.3, 0.4) is 0 Å². The molecule has 1 aliphatic carbocycles. The van der Waals surface area contributed by atoms with E-state index in [1.165, 1.54) is 36.7 Å². The van der Waals surface area contributed by atoms with Crippen LogP contribution in [0.25, 0.3) is 0 Å². The fourth-order valence-electron chi connectivity index (χ4n) is 3.64. The van der Waals surface area contributed by atoms with Crippen molar-refractivity contribution >= 4 is 27.5 Å². The number of nitrogens with zero attached hydrogens (tertiary/aromatic N) is 3. The average Bonchev–Trinajstić information content (AvgIpc) is 2.72. The second kappa shape index (κ2) is 8.43. The Kier molecular flexibility index (Phi) is 5.72. The number of sulfonamides is 1. The van der Waals surface area contributed by atoms with Gasteiger partial charge in [-0.05, 0) is 49.2 Å². The van der Waals surface area contributed by atoms with Crippen LogP contribution in [0.5, 0.6) is 0 Å². The molecule has 1 saturated heterocycles. The van der Waals surface area contributed by atoms with Gasteiger partial charge in [-0.2, -0.15) is 0 Å². The largest absolute Gasteiger partial charge is 0.339 e. The highest BCUT2D eigenvalue weighted by Gasteiger charge is 2.32. The molecule has 30 heavy (non-hydrogen) atoms. The Labute approximate surface area is 175 Å². The normalized spacial score (nSPS) is 17.3. The fraction of sp³-hybridized carbons (Fsp3) is 0.381. The quantitative estimate of drug-likeness (QED) is 0.785. The molecule has 2 aliphatic rings. The van der Waals surface area contributed by atoms with Crippen molar-refractivity contribution in [2.45, 2.75) is 24.2 Å². The van der Waals surface area contributed by atoms with Crippen molar-refractivity contribution < 1.29 is 18.0 Å². The molecule has 1 N–H and O–H groups in total. The van der Waals surface area contributed by atoms with E-state index >= 15 is 0 Å². The molecule has 0 radical (unpaired) electrons. The van der Waals surface area contributed by atoms with E-state index in [0.29, 0.717) is 37.4 Å². The molecule has 0 unspecified atom stereocenters. The number of carbonyl (C=O) groups excluding carboxylic acids is 2. The van der Waals surface area contributed by atoms with Gasteiger partial charge in [0.05, 0.1) is 10.6 Å². The van der Waals surface area contributed by atoms with Gasteiger partial charge in [0, 0.05) is 50.1 Å². The van der Waals surface area contributed by atoms with Crippen molar-refractivity contribution in [2.75, 3.05) is 30.9 Å². The van der Waals surface area contributed by atoms with E-state index in [1.807, 2.05) is 4.90 Å². The van der Waals surface area contributed by atoms with Crippen molar-refractivity contribution in [1.29, 1.82) is 0 Å². The van der Waals surface area contributed by atoms with Crippen molar-refractivity contribution in [2.24, 2.45) is 5.92 Å². The van der Waals surface area contributed by atoms with E-state index in [1.54, 1.807) is 17.0 Å². The minimum absolute atomic E-state index is 0.0757. The third kappa shape index (κ3) is 4.30. The van der Waals surface area contributed by atoms with E-state index in [2.05, 4.69) is 9.71 Å². The molecule has 2 heterocycles. The summed E-state index contributed by atoms with van der Waals surface area (Å²) in [6.45, 7) is 2.06. The van der Waals surface area contributed by atoms with Crippen LogP contribution in [0.1, 0.15) is 29.6 Å². The fourth-order valence-corrected chi connectivity index (χ4v) is 4.70. The highest BCUT2D eigenvalue weighted by molar-refractivity contribution is 7.92. The summed E-state index contributed by atoms with van der Waals surface area (Å²) in [4.78, 5) is 32.6. The molecule has 0 spiro atoms. The molecule has 2 amide bonds. The number of pyridine rings is 1. The van der Waals surface area contributed by atoms with Gasteiger partial charge in [0.15, 0.2) is 0 Å². The van der Waals surface area contributed by atoms with E-state index in [4.69, 9.17) is 0 Å². The van der Waals surface area contributed by atoms with E-state index in [-0.39, 0.29) is 22.6 Å². The Balaban J connectivity index is 1.37. The summed E-state index contributed by atoms with van der Waals surface area (Å²) < 4.78 is 27.5. The topological polar surface area (TPSA) is 99.7 Å². The Morgan fingerprint density at radius 2 is 1.50 bits per heavy atom. The van der Waals surface area contributed by atoms with Gasteiger partial charge in [-0.1, -0.05) is 6.42 Å². The standard InChI is InChI=1S/C21H24N4O4S/c26-20(16-2-1-3-16)24-12-14-25(15-13-24)21(27)17-4-6-19(7-5-17)30(28,29)23-18-8-10-22-11-9-18/h4-11,16H,1-3,12-15H2,(H,22,23). The summed E-state index contributed by atoms with van der Waals surface area (Å²) in [6, 6.07) is 9.01. The lowest BCUT2D eigenvalue weighted by atomic mass is 9.84. The molecule has 1 aliphatic heterocycles. The number of hydrogen-bond donors (Lipinski definition) is 1. The second-order valence-electron chi connectivity index (χ2n) is 7.61. The zero-order chi connectivity index (χ0) is 21.1. The van der Waals surface area contributed by atoms with E-state index in [0.717, 1.165) is 19.3 Å². The maximum Gasteiger partial charge on any atom is 0.261 e. The second-order valence-corrected chi connectivity index (χ2v) is 9.29. The first-order valence-corrected chi connectivity index (χ1v) is 11.5. The van der Waals surface area contributed by atoms with E-state index in [9.17, 15) is 18.0 Å². The number of anilines is 1. The van der Waals surface area contributed by atoms with Gasteiger partial charge in [-0.25, -0.2) is 8.42 Å². The predicted molar refractivity (Wildman–Crippen MR) is 111 cm³/mol. The lowest BCUT2D eigenvalue weighted by Gasteiger charge is -2.38. The predicted octanol–water partition coefficient (Wildman–Crippen LogP) is 1.97. The molecular formula is C21H24N4O4S. The van der Waals surface area contributed by atoms with Crippen molar-refractivity contribution in [3.63, 3.8) is 0 Å². The molecule has 1 aromatic carbocycles. The first kappa shape index (κ1) is 20.3. The van der Waals surface area contributed by atoms with Crippen LogP contribution in [0, 0.1) is 5.92 Å². The molecule has 1 saturated carbocycles. The van der Waals surface area contributed by atoms with Crippen molar-refractivity contribution in [3.05, 3.63) is 54.4 Å². The van der Waals surface area contributed by atoms with Crippen LogP contribution in [-0.4, -0.2) is 61.2 Å². The van der Waals surface area contributed by atoms with Crippen LogP contribution in [0.2, 0.25) is 0 Å². The summed E-state index contributed by atoms with van der Waals surface area (Å²) in [5.41, 5.74) is 0.844. The van der Waals surface area contributed by atoms with Gasteiger partial charge >= 0.3 is 0 Å². The molecule has 2 aromatic rings. The van der Waals surface area contributed by atoms with Crippen LogP contribution in [0.15, 0.2) is 53.7 Å². The van der Waals surface area contributed by atoms with Gasteiger partial charge in [0.2, 0.25) is 5.91 Å². The molecule has 2 fully saturated rings. The van der Waals surface area contributed by atoms with Crippen molar-refractivity contribution in [3.8, 4) is 0 Å². The monoisotopic (exact) mass is 428 g/mol. The van der Waals surface area contributed by atoms with Crippen LogP contribution in [0.4, 0.5) is 5.69 Å². The SMILES string of the molecule is O=C(c1ccc(S(=O)(=O)Nc2ccncc2)cc1)N1CCN(C(=O)C2CCC2)CC1. The highest BCUT2D eigenvalue weighted by atomic mass is 32.2. The Morgan fingerprint density at radius 3 is 2.07 bits per heavy atom. The van der Waals surface area contributed by atoms with Crippen LogP contribution < -0.4 is 4.72 Å². The molecule has 8 nitrogen and oxygen atoms in total.